The molecule has 0 aliphatic carbocycles. The van der Waals surface area contributed by atoms with E-state index in [0.717, 1.165) is 11.5 Å². The highest BCUT2D eigenvalue weighted by molar-refractivity contribution is 5.76. The molecule has 2 aromatic rings. The van der Waals surface area contributed by atoms with Crippen LogP contribution in [0.1, 0.15) is 24.0 Å². The fourth-order valence-electron chi connectivity index (χ4n) is 2.65. The van der Waals surface area contributed by atoms with Gasteiger partial charge in [0.15, 0.2) is 0 Å². The number of ether oxygens (including phenoxy) is 1. The van der Waals surface area contributed by atoms with E-state index in [0.29, 0.717) is 38.5 Å². The molecule has 7 nitrogen and oxygen atoms in total. The van der Waals surface area contributed by atoms with E-state index in [2.05, 4.69) is 9.97 Å². The number of carbonyl (C=O) groups is 1. The third-order valence-corrected chi connectivity index (χ3v) is 3.98. The maximum absolute atomic E-state index is 12.4. The van der Waals surface area contributed by atoms with Crippen LogP contribution in [0.5, 0.6) is 0 Å². The Morgan fingerprint density at radius 2 is 2.29 bits per heavy atom. The third-order valence-electron chi connectivity index (χ3n) is 3.98. The number of carbonyl (C=O) groups excluding carboxylic acids is 1. The third kappa shape index (κ3) is 3.91. The fourth-order valence-corrected chi connectivity index (χ4v) is 2.65. The van der Waals surface area contributed by atoms with Crippen molar-refractivity contribution >= 4 is 11.9 Å². The van der Waals surface area contributed by atoms with Gasteiger partial charge in [-0.05, 0) is 18.2 Å². The Labute approximate surface area is 141 Å². The van der Waals surface area contributed by atoms with Crippen LogP contribution in [0.15, 0.2) is 35.1 Å². The molecule has 1 atom stereocenters. The van der Waals surface area contributed by atoms with Gasteiger partial charge in [0.05, 0.1) is 25.1 Å². The SMILES string of the molecule is CN(C)c1nccc([C@H]2CN(C(=O)CCc3ccco3)CCO2)n1. The fraction of sp³-hybridized carbons (Fsp3) is 0.471. The molecule has 0 aromatic carbocycles. The highest BCUT2D eigenvalue weighted by Crippen LogP contribution is 2.22. The predicted molar refractivity (Wildman–Crippen MR) is 88.7 cm³/mol. The van der Waals surface area contributed by atoms with Gasteiger partial charge in [0, 0.05) is 39.7 Å². The van der Waals surface area contributed by atoms with Crippen molar-refractivity contribution in [2.45, 2.75) is 18.9 Å². The van der Waals surface area contributed by atoms with E-state index in [1.807, 2.05) is 42.1 Å². The monoisotopic (exact) mass is 330 g/mol. The Balaban J connectivity index is 1.61. The Bertz CT molecular complexity index is 672. The second kappa shape index (κ2) is 7.44. The van der Waals surface area contributed by atoms with Gasteiger partial charge in [-0.2, -0.15) is 0 Å². The summed E-state index contributed by atoms with van der Waals surface area (Å²) < 4.78 is 11.1. The molecule has 0 unspecified atom stereocenters. The summed E-state index contributed by atoms with van der Waals surface area (Å²) >= 11 is 0. The van der Waals surface area contributed by atoms with Gasteiger partial charge in [-0.25, -0.2) is 9.97 Å². The minimum Gasteiger partial charge on any atom is -0.469 e. The van der Waals surface area contributed by atoms with Crippen LogP contribution in [0.3, 0.4) is 0 Å². The summed E-state index contributed by atoms with van der Waals surface area (Å²) in [6.45, 7) is 1.64. The highest BCUT2D eigenvalue weighted by atomic mass is 16.5. The van der Waals surface area contributed by atoms with Gasteiger partial charge in [0.25, 0.3) is 0 Å². The lowest BCUT2D eigenvalue weighted by Gasteiger charge is -2.33. The first-order valence-electron chi connectivity index (χ1n) is 8.05. The summed E-state index contributed by atoms with van der Waals surface area (Å²) in [7, 11) is 3.79. The molecule has 1 saturated heterocycles. The Morgan fingerprint density at radius 1 is 1.42 bits per heavy atom. The molecule has 3 rings (SSSR count). The second-order valence-corrected chi connectivity index (χ2v) is 5.95. The van der Waals surface area contributed by atoms with E-state index in [9.17, 15) is 4.79 Å². The largest absolute Gasteiger partial charge is 0.469 e. The summed E-state index contributed by atoms with van der Waals surface area (Å²) in [4.78, 5) is 24.8. The van der Waals surface area contributed by atoms with Crippen molar-refractivity contribution in [3.63, 3.8) is 0 Å². The molecule has 128 valence electrons. The van der Waals surface area contributed by atoms with Gasteiger partial charge < -0.3 is 19.0 Å². The summed E-state index contributed by atoms with van der Waals surface area (Å²) in [5.41, 5.74) is 0.803. The summed E-state index contributed by atoms with van der Waals surface area (Å²) in [6, 6.07) is 5.57. The maximum atomic E-state index is 12.4. The van der Waals surface area contributed by atoms with E-state index in [4.69, 9.17) is 9.15 Å². The number of rotatable bonds is 5. The summed E-state index contributed by atoms with van der Waals surface area (Å²) in [5.74, 6) is 1.58. The van der Waals surface area contributed by atoms with Gasteiger partial charge in [0.1, 0.15) is 11.9 Å². The molecule has 0 radical (unpaired) electrons. The number of hydrogen-bond donors (Lipinski definition) is 0. The van der Waals surface area contributed by atoms with Crippen molar-refractivity contribution in [1.29, 1.82) is 0 Å². The molecule has 1 aliphatic heterocycles. The van der Waals surface area contributed by atoms with Crippen LogP contribution in [0.2, 0.25) is 0 Å². The van der Waals surface area contributed by atoms with Crippen molar-refractivity contribution in [3.05, 3.63) is 42.1 Å². The van der Waals surface area contributed by atoms with Crippen LogP contribution in [0, 0.1) is 0 Å². The van der Waals surface area contributed by atoms with Crippen molar-refractivity contribution < 1.29 is 13.9 Å². The van der Waals surface area contributed by atoms with Gasteiger partial charge in [-0.3, -0.25) is 4.79 Å². The molecule has 2 aromatic heterocycles. The molecule has 0 bridgehead atoms. The number of aryl methyl sites for hydroxylation is 1. The minimum atomic E-state index is -0.215. The zero-order valence-electron chi connectivity index (χ0n) is 14.0. The molecule has 0 saturated carbocycles. The van der Waals surface area contributed by atoms with Gasteiger partial charge in [-0.1, -0.05) is 0 Å². The maximum Gasteiger partial charge on any atom is 0.225 e. The van der Waals surface area contributed by atoms with E-state index in [1.54, 1.807) is 12.5 Å². The van der Waals surface area contributed by atoms with Crippen LogP contribution >= 0.6 is 0 Å². The van der Waals surface area contributed by atoms with Crippen molar-refractivity contribution in [2.24, 2.45) is 0 Å². The number of hydrogen-bond acceptors (Lipinski definition) is 6. The Kier molecular flexibility index (Phi) is 5.10. The number of furan rings is 1. The molecular formula is C17H22N4O3. The molecule has 1 aliphatic rings. The lowest BCUT2D eigenvalue weighted by molar-refractivity contribution is -0.139. The van der Waals surface area contributed by atoms with Crippen molar-refractivity contribution in [2.75, 3.05) is 38.7 Å². The smallest absolute Gasteiger partial charge is 0.225 e. The van der Waals surface area contributed by atoms with E-state index in [-0.39, 0.29) is 12.0 Å². The first-order valence-corrected chi connectivity index (χ1v) is 8.05. The molecule has 1 fully saturated rings. The molecule has 0 N–H and O–H groups in total. The van der Waals surface area contributed by atoms with Crippen LogP contribution in [0.25, 0.3) is 0 Å². The quantitative estimate of drug-likeness (QED) is 0.830. The highest BCUT2D eigenvalue weighted by Gasteiger charge is 2.26. The van der Waals surface area contributed by atoms with E-state index >= 15 is 0 Å². The normalized spacial score (nSPS) is 17.8. The van der Waals surface area contributed by atoms with Crippen LogP contribution in [-0.2, 0) is 16.0 Å². The van der Waals surface area contributed by atoms with Gasteiger partial charge in [-0.15, -0.1) is 0 Å². The minimum absolute atomic E-state index is 0.113. The number of morpholine rings is 1. The van der Waals surface area contributed by atoms with E-state index < -0.39 is 0 Å². The van der Waals surface area contributed by atoms with Crippen LogP contribution in [-0.4, -0.2) is 54.6 Å². The molecular weight excluding hydrogens is 308 g/mol. The average Bonchev–Trinajstić information content (AvgIpc) is 3.13. The van der Waals surface area contributed by atoms with Crippen LogP contribution in [0.4, 0.5) is 5.95 Å². The van der Waals surface area contributed by atoms with Gasteiger partial charge >= 0.3 is 0 Å². The number of anilines is 1. The number of aromatic nitrogens is 2. The summed E-state index contributed by atoms with van der Waals surface area (Å²) in [5, 5.41) is 0. The lowest BCUT2D eigenvalue weighted by Crippen LogP contribution is -2.42. The first kappa shape index (κ1) is 16.4. The predicted octanol–water partition coefficient (Wildman–Crippen LogP) is 1.67. The summed E-state index contributed by atoms with van der Waals surface area (Å²) in [6.07, 6.45) is 4.19. The second-order valence-electron chi connectivity index (χ2n) is 5.95. The Hall–Kier alpha value is -2.41. The first-order chi connectivity index (χ1) is 11.6. The molecule has 0 spiro atoms. The molecule has 7 heteroatoms. The zero-order valence-corrected chi connectivity index (χ0v) is 14.0. The topological polar surface area (TPSA) is 71.7 Å². The van der Waals surface area contributed by atoms with Crippen molar-refractivity contribution in [3.8, 4) is 0 Å². The van der Waals surface area contributed by atoms with Crippen molar-refractivity contribution in [1.82, 2.24) is 14.9 Å². The molecule has 24 heavy (non-hydrogen) atoms. The lowest BCUT2D eigenvalue weighted by atomic mass is 10.1. The number of nitrogens with zero attached hydrogens (tertiary/aromatic N) is 4. The Morgan fingerprint density at radius 3 is 3.04 bits per heavy atom. The van der Waals surface area contributed by atoms with E-state index in [1.165, 1.54) is 0 Å². The standard InChI is InChI=1S/C17H22N4O3/c1-20(2)17-18-8-7-14(19-17)15-12-21(9-11-24-15)16(22)6-5-13-4-3-10-23-13/h3-4,7-8,10,15H,5-6,9,11-12H2,1-2H3/t15-/m1/s1. The number of amides is 1. The van der Waals surface area contributed by atoms with Crippen LogP contribution < -0.4 is 4.90 Å². The molecule has 3 heterocycles. The zero-order chi connectivity index (χ0) is 16.9. The molecule has 1 amide bonds. The average molecular weight is 330 g/mol. The van der Waals surface area contributed by atoms with Gasteiger partial charge in [0.2, 0.25) is 11.9 Å².